The molecule has 3 amide bonds. The largest absolute Gasteiger partial charge is 0.354 e. The number of hydrogen-bond acceptors (Lipinski definition) is 5. The minimum absolute atomic E-state index is 0.0112. The van der Waals surface area contributed by atoms with Gasteiger partial charge in [0.05, 0.1) is 5.56 Å². The number of benzene rings is 3. The van der Waals surface area contributed by atoms with Crippen molar-refractivity contribution in [3.05, 3.63) is 101 Å². The smallest absolute Gasteiger partial charge is 0.269 e. The van der Waals surface area contributed by atoms with Crippen LogP contribution >= 0.6 is 0 Å². The molecule has 0 fully saturated rings. The Hall–Kier alpha value is -3.98. The van der Waals surface area contributed by atoms with E-state index in [0.717, 1.165) is 27.4 Å². The minimum Gasteiger partial charge on any atom is -0.354 e. The number of nitrogens with one attached hydrogen (secondary N) is 1. The van der Waals surface area contributed by atoms with Crippen LogP contribution in [-0.4, -0.2) is 54.5 Å². The highest BCUT2D eigenvalue weighted by Gasteiger charge is 2.40. The van der Waals surface area contributed by atoms with Gasteiger partial charge in [0.25, 0.3) is 15.9 Å². The van der Waals surface area contributed by atoms with E-state index in [1.807, 2.05) is 68.4 Å². The molecule has 1 aliphatic rings. The quantitative estimate of drug-likeness (QED) is 0.359. The Morgan fingerprint density at radius 2 is 1.65 bits per heavy atom. The van der Waals surface area contributed by atoms with Gasteiger partial charge >= 0.3 is 0 Å². The predicted octanol–water partition coefficient (Wildman–Crippen LogP) is 4.09. The fourth-order valence-electron chi connectivity index (χ4n) is 4.90. The van der Waals surface area contributed by atoms with Gasteiger partial charge in [-0.15, -0.1) is 0 Å². The second-order valence-corrected chi connectivity index (χ2v) is 11.8. The summed E-state index contributed by atoms with van der Waals surface area (Å²) in [6.45, 7) is 4.53. The fourth-order valence-corrected chi connectivity index (χ4v) is 6.50. The molecule has 9 heteroatoms. The van der Waals surface area contributed by atoms with Gasteiger partial charge in [0.1, 0.15) is 10.9 Å². The zero-order chi connectivity index (χ0) is 28.7. The van der Waals surface area contributed by atoms with Crippen LogP contribution in [0.2, 0.25) is 0 Å². The third kappa shape index (κ3) is 6.59. The molecule has 1 atom stereocenters. The summed E-state index contributed by atoms with van der Waals surface area (Å²) in [7, 11) is -3.95. The lowest BCUT2D eigenvalue weighted by molar-refractivity contribution is -0.141. The first-order valence-corrected chi connectivity index (χ1v) is 15.0. The number of carbonyl (C=O) groups excluding carboxylic acids is 3. The lowest BCUT2D eigenvalue weighted by atomic mass is 10.0. The lowest BCUT2D eigenvalue weighted by Gasteiger charge is -2.32. The van der Waals surface area contributed by atoms with Crippen LogP contribution in [0, 0.1) is 6.92 Å². The normalized spacial score (nSPS) is 14.4. The number of hydrogen-bond donors (Lipinski definition) is 1. The molecule has 3 aromatic rings. The van der Waals surface area contributed by atoms with Gasteiger partial charge in [-0.05, 0) is 43.0 Å². The summed E-state index contributed by atoms with van der Waals surface area (Å²) in [5.41, 5.74) is 3.00. The summed E-state index contributed by atoms with van der Waals surface area (Å²) in [5.74, 6) is -1.10. The molecule has 1 heterocycles. The zero-order valence-electron chi connectivity index (χ0n) is 22.9. The van der Waals surface area contributed by atoms with Crippen LogP contribution in [0.5, 0.6) is 0 Å². The monoisotopic (exact) mass is 561 g/mol. The first-order valence-electron chi connectivity index (χ1n) is 13.5. The van der Waals surface area contributed by atoms with Gasteiger partial charge in [-0.1, -0.05) is 79.2 Å². The fraction of sp³-hybridized carbons (Fsp3) is 0.323. The molecule has 0 aliphatic carbocycles. The molecule has 1 aliphatic heterocycles. The van der Waals surface area contributed by atoms with E-state index in [2.05, 4.69) is 5.32 Å². The number of sulfonamides is 1. The maximum Gasteiger partial charge on any atom is 0.269 e. The lowest BCUT2D eigenvalue weighted by Crippen LogP contribution is -2.50. The topological polar surface area (TPSA) is 104 Å². The highest BCUT2D eigenvalue weighted by atomic mass is 32.2. The van der Waals surface area contributed by atoms with Crippen LogP contribution in [0.15, 0.2) is 83.8 Å². The Morgan fingerprint density at radius 1 is 0.950 bits per heavy atom. The van der Waals surface area contributed by atoms with Crippen molar-refractivity contribution in [1.82, 2.24) is 14.5 Å². The van der Waals surface area contributed by atoms with E-state index in [1.165, 1.54) is 12.1 Å². The molecule has 3 aromatic carbocycles. The second-order valence-electron chi connectivity index (χ2n) is 9.99. The SMILES string of the molecule is CCCNC(=O)[C@@H](Cc1ccccc1)N(Cc1cccc(C)c1)C(=O)CCCN1C(=O)c2ccccc2S1(=O)=O. The molecule has 0 aromatic heterocycles. The van der Waals surface area contributed by atoms with Gasteiger partial charge in [0.15, 0.2) is 0 Å². The molecule has 1 N–H and O–H groups in total. The molecule has 210 valence electrons. The molecule has 40 heavy (non-hydrogen) atoms. The Bertz CT molecular complexity index is 1470. The average molecular weight is 562 g/mol. The molecule has 0 bridgehead atoms. The van der Waals surface area contributed by atoms with Crippen LogP contribution in [0.3, 0.4) is 0 Å². The van der Waals surface area contributed by atoms with E-state index in [0.29, 0.717) is 13.0 Å². The second kappa shape index (κ2) is 12.9. The van der Waals surface area contributed by atoms with Crippen LogP contribution in [-0.2, 0) is 32.6 Å². The minimum atomic E-state index is -3.95. The highest BCUT2D eigenvalue weighted by Crippen LogP contribution is 2.30. The molecule has 0 saturated carbocycles. The Balaban J connectivity index is 1.56. The molecule has 8 nitrogen and oxygen atoms in total. The highest BCUT2D eigenvalue weighted by molar-refractivity contribution is 7.90. The van der Waals surface area contributed by atoms with E-state index >= 15 is 0 Å². The third-order valence-electron chi connectivity index (χ3n) is 6.92. The van der Waals surface area contributed by atoms with Gasteiger partial charge in [0.2, 0.25) is 11.8 Å². The maximum atomic E-state index is 13.8. The average Bonchev–Trinajstić information content (AvgIpc) is 3.14. The van der Waals surface area contributed by atoms with Gasteiger partial charge < -0.3 is 10.2 Å². The van der Waals surface area contributed by atoms with E-state index in [9.17, 15) is 22.8 Å². The molecular weight excluding hydrogens is 526 g/mol. The van der Waals surface area contributed by atoms with Crippen molar-refractivity contribution in [2.24, 2.45) is 0 Å². The Morgan fingerprint density at radius 3 is 2.35 bits per heavy atom. The summed E-state index contributed by atoms with van der Waals surface area (Å²) in [5, 5.41) is 2.95. The molecular formula is C31H35N3O5S. The van der Waals surface area contributed by atoms with Crippen molar-refractivity contribution < 1.29 is 22.8 Å². The number of carbonyl (C=O) groups is 3. The van der Waals surface area contributed by atoms with Crippen molar-refractivity contribution in [1.29, 1.82) is 0 Å². The van der Waals surface area contributed by atoms with Gasteiger partial charge in [0, 0.05) is 32.5 Å². The number of fused-ring (bicyclic) bond motifs is 1. The first kappa shape index (κ1) is 29.0. The summed E-state index contributed by atoms with van der Waals surface area (Å²) in [6, 6.07) is 22.7. The first-order chi connectivity index (χ1) is 19.2. The van der Waals surface area contributed by atoms with E-state index in [-0.39, 0.29) is 48.2 Å². The Kier molecular flexibility index (Phi) is 9.37. The zero-order valence-corrected chi connectivity index (χ0v) is 23.7. The van der Waals surface area contributed by atoms with Crippen molar-refractivity contribution >= 4 is 27.7 Å². The van der Waals surface area contributed by atoms with Crippen molar-refractivity contribution in [3.8, 4) is 0 Å². The van der Waals surface area contributed by atoms with Gasteiger partial charge in [-0.3, -0.25) is 14.4 Å². The van der Waals surface area contributed by atoms with Gasteiger partial charge in [-0.25, -0.2) is 12.7 Å². The van der Waals surface area contributed by atoms with E-state index < -0.39 is 22.0 Å². The molecule has 0 radical (unpaired) electrons. The number of amides is 3. The Labute approximate surface area is 236 Å². The summed E-state index contributed by atoms with van der Waals surface area (Å²) >= 11 is 0. The van der Waals surface area contributed by atoms with Crippen LogP contribution in [0.1, 0.15) is 53.2 Å². The maximum absolute atomic E-state index is 13.8. The molecule has 0 saturated heterocycles. The van der Waals surface area contributed by atoms with Crippen LogP contribution < -0.4 is 5.32 Å². The van der Waals surface area contributed by atoms with Crippen molar-refractivity contribution in [3.63, 3.8) is 0 Å². The predicted molar refractivity (Wildman–Crippen MR) is 153 cm³/mol. The van der Waals surface area contributed by atoms with E-state index in [4.69, 9.17) is 0 Å². The van der Waals surface area contributed by atoms with Crippen molar-refractivity contribution in [2.75, 3.05) is 13.1 Å². The molecule has 0 unspecified atom stereocenters. The third-order valence-corrected chi connectivity index (χ3v) is 8.76. The number of aryl methyl sites for hydroxylation is 1. The van der Waals surface area contributed by atoms with Crippen molar-refractivity contribution in [2.45, 2.75) is 57.0 Å². The van der Waals surface area contributed by atoms with Gasteiger partial charge in [-0.2, -0.15) is 0 Å². The summed E-state index contributed by atoms with van der Waals surface area (Å²) in [6.07, 6.45) is 1.21. The standard InChI is InChI=1S/C31H35N3O5S/c1-3-18-32-30(36)27(21-24-12-5-4-6-13-24)33(22-25-14-9-11-23(2)20-25)29(35)17-10-19-34-31(37)26-15-7-8-16-28(26)40(34,38)39/h4-9,11-16,20,27H,3,10,17-19,21-22H2,1-2H3,(H,32,36)/t27-/m1/s1. The van der Waals surface area contributed by atoms with Crippen LogP contribution in [0.25, 0.3) is 0 Å². The molecule has 0 spiro atoms. The summed E-state index contributed by atoms with van der Waals surface area (Å²) in [4.78, 5) is 41.5. The summed E-state index contributed by atoms with van der Waals surface area (Å²) < 4.78 is 26.7. The number of rotatable bonds is 12. The number of nitrogens with zero attached hydrogens (tertiary/aromatic N) is 2. The molecule has 4 rings (SSSR count). The van der Waals surface area contributed by atoms with E-state index in [1.54, 1.807) is 17.0 Å². The van der Waals surface area contributed by atoms with Crippen LogP contribution in [0.4, 0.5) is 0 Å².